The van der Waals surface area contributed by atoms with Crippen molar-refractivity contribution in [1.29, 1.82) is 0 Å². The second kappa shape index (κ2) is 6.85. The summed E-state index contributed by atoms with van der Waals surface area (Å²) in [5.74, 6) is -0.915. The summed E-state index contributed by atoms with van der Waals surface area (Å²) in [6.45, 7) is 5.39. The number of aryl methyl sites for hydroxylation is 2. The minimum Gasteiger partial charge on any atom is -0.449 e. The van der Waals surface area contributed by atoms with Gasteiger partial charge in [0.2, 0.25) is 0 Å². The number of nitrogens with zero attached hydrogens (tertiary/aromatic N) is 1. The second-order valence-corrected chi connectivity index (χ2v) is 5.09. The average molecular weight is 298 g/mol. The van der Waals surface area contributed by atoms with Gasteiger partial charge in [0.05, 0.1) is 5.56 Å². The highest BCUT2D eigenvalue weighted by Crippen LogP contribution is 2.17. The molecule has 0 fully saturated rings. The summed E-state index contributed by atoms with van der Waals surface area (Å²) in [6.07, 6.45) is 2.11. The fourth-order valence-corrected chi connectivity index (χ4v) is 1.87. The van der Waals surface area contributed by atoms with Crippen molar-refractivity contribution in [2.24, 2.45) is 0 Å². The van der Waals surface area contributed by atoms with Gasteiger partial charge in [-0.3, -0.25) is 9.78 Å². The van der Waals surface area contributed by atoms with Crippen LogP contribution in [0.25, 0.3) is 0 Å². The first-order valence-electron chi connectivity index (χ1n) is 6.96. The molecule has 5 nitrogen and oxygen atoms in total. The SMILES string of the molecule is Cc1ccc(C)c(NC(=O)C(C)OC(=O)c2ccncc2)c1. The van der Waals surface area contributed by atoms with E-state index in [2.05, 4.69) is 10.3 Å². The zero-order valence-corrected chi connectivity index (χ0v) is 12.8. The van der Waals surface area contributed by atoms with Crippen molar-refractivity contribution in [3.63, 3.8) is 0 Å². The number of aromatic nitrogens is 1. The number of hydrogen-bond acceptors (Lipinski definition) is 4. The molecule has 1 unspecified atom stereocenters. The number of anilines is 1. The Kier molecular flexibility index (Phi) is 4.88. The topological polar surface area (TPSA) is 68.3 Å². The van der Waals surface area contributed by atoms with Gasteiger partial charge in [0.25, 0.3) is 5.91 Å². The van der Waals surface area contributed by atoms with Gasteiger partial charge in [-0.25, -0.2) is 4.79 Å². The van der Waals surface area contributed by atoms with E-state index in [-0.39, 0.29) is 5.91 Å². The van der Waals surface area contributed by atoms with Crippen LogP contribution < -0.4 is 5.32 Å². The third-order valence-electron chi connectivity index (χ3n) is 3.22. The molecule has 2 rings (SSSR count). The highest BCUT2D eigenvalue weighted by Gasteiger charge is 2.19. The predicted octanol–water partition coefficient (Wildman–Crippen LogP) is 2.88. The smallest absolute Gasteiger partial charge is 0.339 e. The van der Waals surface area contributed by atoms with Crippen LogP contribution in [0.1, 0.15) is 28.4 Å². The molecule has 0 saturated carbocycles. The molecule has 1 aromatic carbocycles. The molecule has 1 heterocycles. The first-order valence-corrected chi connectivity index (χ1v) is 6.96. The maximum absolute atomic E-state index is 12.1. The molecule has 1 amide bonds. The molecule has 0 saturated heterocycles. The molecule has 5 heteroatoms. The summed E-state index contributed by atoms with van der Waals surface area (Å²) in [4.78, 5) is 27.9. The van der Waals surface area contributed by atoms with Crippen LogP contribution in [0.4, 0.5) is 5.69 Å². The van der Waals surface area contributed by atoms with Crippen LogP contribution in [0.3, 0.4) is 0 Å². The fraction of sp³-hybridized carbons (Fsp3) is 0.235. The third kappa shape index (κ3) is 3.91. The molecule has 0 bridgehead atoms. The van der Waals surface area contributed by atoms with E-state index < -0.39 is 12.1 Å². The summed E-state index contributed by atoms with van der Waals surface area (Å²) < 4.78 is 5.16. The molecule has 0 aliphatic carbocycles. The number of esters is 1. The number of benzene rings is 1. The lowest BCUT2D eigenvalue weighted by Gasteiger charge is -2.15. The Bertz CT molecular complexity index is 684. The van der Waals surface area contributed by atoms with E-state index in [0.29, 0.717) is 5.56 Å². The van der Waals surface area contributed by atoms with E-state index in [4.69, 9.17) is 4.74 Å². The summed E-state index contributed by atoms with van der Waals surface area (Å²) in [5.41, 5.74) is 3.08. The van der Waals surface area contributed by atoms with Crippen molar-refractivity contribution in [2.75, 3.05) is 5.32 Å². The van der Waals surface area contributed by atoms with Gasteiger partial charge in [0.15, 0.2) is 6.10 Å². The number of ether oxygens (including phenoxy) is 1. The monoisotopic (exact) mass is 298 g/mol. The quantitative estimate of drug-likeness (QED) is 0.881. The van der Waals surface area contributed by atoms with Crippen molar-refractivity contribution in [1.82, 2.24) is 4.98 Å². The molecule has 0 spiro atoms. The Morgan fingerprint density at radius 3 is 2.50 bits per heavy atom. The van der Waals surface area contributed by atoms with E-state index in [9.17, 15) is 9.59 Å². The van der Waals surface area contributed by atoms with Gasteiger partial charge in [-0.1, -0.05) is 12.1 Å². The Morgan fingerprint density at radius 1 is 1.14 bits per heavy atom. The lowest BCUT2D eigenvalue weighted by molar-refractivity contribution is -0.123. The minimum atomic E-state index is -0.888. The van der Waals surface area contributed by atoms with Crippen molar-refractivity contribution >= 4 is 17.6 Å². The third-order valence-corrected chi connectivity index (χ3v) is 3.22. The summed E-state index contributed by atoms with van der Waals surface area (Å²) >= 11 is 0. The van der Waals surface area contributed by atoms with E-state index in [0.717, 1.165) is 16.8 Å². The van der Waals surface area contributed by atoms with Crippen LogP contribution in [-0.4, -0.2) is 23.0 Å². The summed E-state index contributed by atoms with van der Waals surface area (Å²) in [5, 5.41) is 2.78. The number of rotatable bonds is 4. The van der Waals surface area contributed by atoms with Crippen molar-refractivity contribution in [2.45, 2.75) is 26.9 Å². The summed E-state index contributed by atoms with van der Waals surface area (Å²) in [7, 11) is 0. The van der Waals surface area contributed by atoms with Gasteiger partial charge >= 0.3 is 5.97 Å². The molecule has 0 aliphatic heterocycles. The van der Waals surface area contributed by atoms with Crippen LogP contribution >= 0.6 is 0 Å². The maximum Gasteiger partial charge on any atom is 0.339 e. The number of carbonyl (C=O) groups is 2. The van der Waals surface area contributed by atoms with Crippen LogP contribution in [-0.2, 0) is 9.53 Å². The summed E-state index contributed by atoms with van der Waals surface area (Å²) in [6, 6.07) is 8.86. The van der Waals surface area contributed by atoms with E-state index in [1.165, 1.54) is 24.5 Å². The molecule has 0 radical (unpaired) electrons. The highest BCUT2D eigenvalue weighted by atomic mass is 16.5. The Morgan fingerprint density at radius 2 is 1.82 bits per heavy atom. The Balaban J connectivity index is 2.00. The van der Waals surface area contributed by atoms with Crippen LogP contribution in [0.2, 0.25) is 0 Å². The van der Waals surface area contributed by atoms with Crippen LogP contribution in [0.5, 0.6) is 0 Å². The van der Waals surface area contributed by atoms with Crippen LogP contribution in [0, 0.1) is 13.8 Å². The molecular formula is C17H18N2O3. The molecule has 1 atom stereocenters. The van der Waals surface area contributed by atoms with E-state index in [1.54, 1.807) is 6.92 Å². The molecule has 2 aromatic rings. The van der Waals surface area contributed by atoms with E-state index in [1.807, 2.05) is 32.0 Å². The molecule has 22 heavy (non-hydrogen) atoms. The number of pyridine rings is 1. The largest absolute Gasteiger partial charge is 0.449 e. The van der Waals surface area contributed by atoms with Gasteiger partial charge < -0.3 is 10.1 Å². The maximum atomic E-state index is 12.1. The average Bonchev–Trinajstić information content (AvgIpc) is 2.51. The lowest BCUT2D eigenvalue weighted by Crippen LogP contribution is -2.30. The first kappa shape index (κ1) is 15.7. The molecular weight excluding hydrogens is 280 g/mol. The normalized spacial score (nSPS) is 11.6. The van der Waals surface area contributed by atoms with Gasteiger partial charge in [0.1, 0.15) is 0 Å². The molecule has 0 aliphatic rings. The van der Waals surface area contributed by atoms with E-state index >= 15 is 0 Å². The molecule has 114 valence electrons. The lowest BCUT2D eigenvalue weighted by atomic mass is 10.1. The first-order chi connectivity index (χ1) is 10.5. The second-order valence-electron chi connectivity index (χ2n) is 5.09. The zero-order valence-electron chi connectivity index (χ0n) is 12.8. The number of hydrogen-bond donors (Lipinski definition) is 1. The van der Waals surface area contributed by atoms with Gasteiger partial charge in [-0.15, -0.1) is 0 Å². The van der Waals surface area contributed by atoms with Gasteiger partial charge in [0, 0.05) is 18.1 Å². The van der Waals surface area contributed by atoms with Gasteiger partial charge in [-0.05, 0) is 50.1 Å². The molecule has 1 N–H and O–H groups in total. The van der Waals surface area contributed by atoms with Crippen LogP contribution in [0.15, 0.2) is 42.7 Å². The number of nitrogens with one attached hydrogen (secondary N) is 1. The van der Waals surface area contributed by atoms with Crippen molar-refractivity contribution in [3.8, 4) is 0 Å². The number of carbonyl (C=O) groups excluding carboxylic acids is 2. The Labute approximate surface area is 129 Å². The zero-order chi connectivity index (χ0) is 16.1. The van der Waals surface area contributed by atoms with Gasteiger partial charge in [-0.2, -0.15) is 0 Å². The Hall–Kier alpha value is -2.69. The predicted molar refractivity (Wildman–Crippen MR) is 83.7 cm³/mol. The van der Waals surface area contributed by atoms with Crippen molar-refractivity contribution in [3.05, 3.63) is 59.4 Å². The molecule has 1 aromatic heterocycles. The number of amides is 1. The minimum absolute atomic E-state index is 0.362. The standard InChI is InChI=1S/C17H18N2O3/c1-11-4-5-12(2)15(10-11)19-16(20)13(3)22-17(21)14-6-8-18-9-7-14/h4-10,13H,1-3H3,(H,19,20). The van der Waals surface area contributed by atoms with Crippen molar-refractivity contribution < 1.29 is 14.3 Å². The highest BCUT2D eigenvalue weighted by molar-refractivity contribution is 5.97. The fourth-order valence-electron chi connectivity index (χ4n) is 1.87.